The third kappa shape index (κ3) is 3.29. The van der Waals surface area contributed by atoms with E-state index in [2.05, 4.69) is 22.2 Å². The Morgan fingerprint density at radius 3 is 2.68 bits per heavy atom. The second kappa shape index (κ2) is 6.86. The average molecular weight is 347 g/mol. The zero-order valence-electron chi connectivity index (χ0n) is 15.2. The molecule has 0 bridgehead atoms. The monoisotopic (exact) mass is 347 g/mol. The number of piperidine rings is 2. The zero-order chi connectivity index (χ0) is 17.4. The normalized spacial score (nSPS) is 25.7. The maximum Gasteiger partial charge on any atom is 0.129 e. The molecule has 1 spiro atoms. The molecule has 0 aromatic heterocycles. The van der Waals surface area contributed by atoms with Gasteiger partial charge in [0.2, 0.25) is 0 Å². The number of likely N-dealkylation sites (tertiary alicyclic amines) is 2. The van der Waals surface area contributed by atoms with Crippen molar-refractivity contribution in [2.24, 2.45) is 5.92 Å². The molecule has 1 unspecified atom stereocenters. The number of aliphatic hydroxyl groups is 1. The van der Waals surface area contributed by atoms with Crippen LogP contribution in [0.1, 0.15) is 31.2 Å². The number of halogens is 1. The Bertz CT molecular complexity index is 607. The van der Waals surface area contributed by atoms with Crippen LogP contribution in [-0.2, 0) is 5.41 Å². The molecule has 3 aliphatic rings. The lowest BCUT2D eigenvalue weighted by atomic mass is 9.74. The number of anilines is 1. The van der Waals surface area contributed by atoms with Crippen molar-refractivity contribution in [1.82, 2.24) is 9.80 Å². The van der Waals surface area contributed by atoms with E-state index in [0.717, 1.165) is 76.2 Å². The van der Waals surface area contributed by atoms with E-state index in [-0.39, 0.29) is 17.3 Å². The average Bonchev–Trinajstić information content (AvgIpc) is 2.97. The van der Waals surface area contributed by atoms with Crippen LogP contribution in [0.15, 0.2) is 18.2 Å². The van der Waals surface area contributed by atoms with Crippen molar-refractivity contribution in [2.45, 2.75) is 37.2 Å². The molecule has 0 radical (unpaired) electrons. The number of aliphatic hydroxyl groups excluding tert-OH is 1. The molecule has 1 aromatic carbocycles. The molecule has 1 atom stereocenters. The predicted octanol–water partition coefficient (Wildman–Crippen LogP) is 2.29. The Morgan fingerprint density at radius 2 is 1.96 bits per heavy atom. The van der Waals surface area contributed by atoms with E-state index >= 15 is 0 Å². The topological polar surface area (TPSA) is 38.7 Å². The molecule has 4 rings (SSSR count). The number of benzene rings is 1. The molecule has 2 fully saturated rings. The summed E-state index contributed by atoms with van der Waals surface area (Å²) < 4.78 is 14.4. The first-order valence-electron chi connectivity index (χ1n) is 9.69. The van der Waals surface area contributed by atoms with Crippen LogP contribution in [0, 0.1) is 11.7 Å². The highest BCUT2D eigenvalue weighted by molar-refractivity contribution is 5.61. The summed E-state index contributed by atoms with van der Waals surface area (Å²) in [5.41, 5.74) is 1.81. The summed E-state index contributed by atoms with van der Waals surface area (Å²) in [5.74, 6) is 0.362. The third-order valence-electron chi connectivity index (χ3n) is 6.73. The van der Waals surface area contributed by atoms with Gasteiger partial charge in [-0.3, -0.25) is 0 Å². The van der Waals surface area contributed by atoms with Crippen LogP contribution in [-0.4, -0.2) is 67.3 Å². The first kappa shape index (κ1) is 17.3. The number of β-amino-alcohol motifs (C(OH)–C–C–N with tert-alkyl or cyclic N) is 1. The highest BCUT2D eigenvalue weighted by Crippen LogP contribution is 2.45. The number of nitrogens with zero attached hydrogens (tertiary/aromatic N) is 2. The van der Waals surface area contributed by atoms with Crippen molar-refractivity contribution in [3.63, 3.8) is 0 Å². The zero-order valence-corrected chi connectivity index (χ0v) is 15.2. The van der Waals surface area contributed by atoms with E-state index in [1.54, 1.807) is 12.1 Å². The Labute approximate surface area is 150 Å². The Balaban J connectivity index is 1.35. The number of rotatable bonds is 3. The fourth-order valence-corrected chi connectivity index (χ4v) is 4.98. The molecule has 2 N–H and O–H groups in total. The fourth-order valence-electron chi connectivity index (χ4n) is 4.98. The minimum absolute atomic E-state index is 0.0598. The lowest BCUT2D eigenvalue weighted by Gasteiger charge is -2.41. The molecular formula is C20H30FN3O. The van der Waals surface area contributed by atoms with Crippen molar-refractivity contribution < 1.29 is 9.50 Å². The summed E-state index contributed by atoms with van der Waals surface area (Å²) in [6.45, 7) is 5.67. The molecule has 5 heteroatoms. The molecule has 25 heavy (non-hydrogen) atoms. The van der Waals surface area contributed by atoms with Gasteiger partial charge >= 0.3 is 0 Å². The van der Waals surface area contributed by atoms with Crippen molar-refractivity contribution >= 4 is 5.69 Å². The van der Waals surface area contributed by atoms with Crippen LogP contribution in [0.4, 0.5) is 10.1 Å². The van der Waals surface area contributed by atoms with Crippen molar-refractivity contribution in [2.75, 3.05) is 51.6 Å². The van der Waals surface area contributed by atoms with Crippen LogP contribution in [0.5, 0.6) is 0 Å². The minimum Gasteiger partial charge on any atom is -0.392 e. The van der Waals surface area contributed by atoms with E-state index in [9.17, 15) is 9.50 Å². The number of fused-ring (bicyclic) bond motifs is 2. The first-order chi connectivity index (χ1) is 12.1. The van der Waals surface area contributed by atoms with Gasteiger partial charge < -0.3 is 20.2 Å². The molecule has 0 aliphatic carbocycles. The van der Waals surface area contributed by atoms with Crippen LogP contribution >= 0.6 is 0 Å². The second-order valence-corrected chi connectivity index (χ2v) is 8.30. The van der Waals surface area contributed by atoms with Crippen LogP contribution in [0.25, 0.3) is 0 Å². The molecular weight excluding hydrogens is 317 g/mol. The lowest BCUT2D eigenvalue weighted by molar-refractivity contribution is 0.0245. The van der Waals surface area contributed by atoms with Gasteiger partial charge in [0, 0.05) is 29.8 Å². The molecule has 0 saturated carbocycles. The summed E-state index contributed by atoms with van der Waals surface area (Å²) in [5, 5.41) is 14.0. The van der Waals surface area contributed by atoms with E-state index in [0.29, 0.717) is 5.92 Å². The molecule has 3 heterocycles. The van der Waals surface area contributed by atoms with Gasteiger partial charge in [0.05, 0.1) is 6.10 Å². The highest BCUT2D eigenvalue weighted by atomic mass is 19.1. The maximum atomic E-state index is 14.4. The molecule has 4 nitrogen and oxygen atoms in total. The smallest absolute Gasteiger partial charge is 0.129 e. The summed E-state index contributed by atoms with van der Waals surface area (Å²) >= 11 is 0. The molecule has 2 saturated heterocycles. The van der Waals surface area contributed by atoms with Gasteiger partial charge in [0.15, 0.2) is 0 Å². The summed E-state index contributed by atoms with van der Waals surface area (Å²) in [4.78, 5) is 4.72. The largest absolute Gasteiger partial charge is 0.392 e. The predicted molar refractivity (Wildman–Crippen MR) is 98.5 cm³/mol. The quantitative estimate of drug-likeness (QED) is 0.880. The number of nitrogens with one attached hydrogen (secondary N) is 1. The Morgan fingerprint density at radius 1 is 1.24 bits per heavy atom. The molecule has 1 aromatic rings. The third-order valence-corrected chi connectivity index (χ3v) is 6.73. The van der Waals surface area contributed by atoms with E-state index in [4.69, 9.17) is 0 Å². The maximum absolute atomic E-state index is 14.4. The second-order valence-electron chi connectivity index (χ2n) is 8.30. The number of hydrogen-bond acceptors (Lipinski definition) is 4. The van der Waals surface area contributed by atoms with Crippen LogP contribution in [0.2, 0.25) is 0 Å². The number of hydrogen-bond donors (Lipinski definition) is 2. The summed E-state index contributed by atoms with van der Waals surface area (Å²) in [7, 11) is 2.15. The molecule has 0 amide bonds. The minimum atomic E-state index is -0.228. The standard InChI is InChI=1S/C20H30FN3O/c1-23-9-5-15(6-10-23)18(25)13-24-11-7-20(8-12-24)14-22-17-4-2-3-16(21)19(17)20/h2-4,15,18,22,25H,5-14H2,1H3. The first-order valence-corrected chi connectivity index (χ1v) is 9.69. The van der Waals surface area contributed by atoms with Crippen LogP contribution < -0.4 is 5.32 Å². The van der Waals surface area contributed by atoms with E-state index in [1.165, 1.54) is 0 Å². The Kier molecular flexibility index (Phi) is 4.73. The van der Waals surface area contributed by atoms with Gasteiger partial charge in [0.1, 0.15) is 5.82 Å². The fraction of sp³-hybridized carbons (Fsp3) is 0.700. The summed E-state index contributed by atoms with van der Waals surface area (Å²) in [6, 6.07) is 5.36. The van der Waals surface area contributed by atoms with Gasteiger partial charge in [-0.2, -0.15) is 0 Å². The van der Waals surface area contributed by atoms with E-state index in [1.807, 2.05) is 6.07 Å². The van der Waals surface area contributed by atoms with Crippen molar-refractivity contribution in [3.05, 3.63) is 29.6 Å². The lowest BCUT2D eigenvalue weighted by Crippen LogP contribution is -2.48. The van der Waals surface area contributed by atoms with Gasteiger partial charge in [-0.15, -0.1) is 0 Å². The van der Waals surface area contributed by atoms with Gasteiger partial charge in [-0.25, -0.2) is 4.39 Å². The van der Waals surface area contributed by atoms with Crippen LogP contribution in [0.3, 0.4) is 0 Å². The van der Waals surface area contributed by atoms with Crippen molar-refractivity contribution in [3.8, 4) is 0 Å². The highest BCUT2D eigenvalue weighted by Gasteiger charge is 2.43. The van der Waals surface area contributed by atoms with E-state index < -0.39 is 0 Å². The Hall–Kier alpha value is -1.17. The molecule has 138 valence electrons. The van der Waals surface area contributed by atoms with Gasteiger partial charge in [-0.1, -0.05) is 6.07 Å². The SMILES string of the molecule is CN1CCC(C(O)CN2CCC3(CC2)CNc2cccc(F)c23)CC1. The van der Waals surface area contributed by atoms with Gasteiger partial charge in [-0.05, 0) is 77.0 Å². The van der Waals surface area contributed by atoms with Crippen molar-refractivity contribution in [1.29, 1.82) is 0 Å². The molecule has 3 aliphatic heterocycles. The summed E-state index contributed by atoms with van der Waals surface area (Å²) in [6.07, 6.45) is 3.89. The van der Waals surface area contributed by atoms with Gasteiger partial charge in [0.25, 0.3) is 0 Å².